The summed E-state index contributed by atoms with van der Waals surface area (Å²) in [7, 11) is 0. The normalized spacial score (nSPS) is 20.7. The predicted octanol–water partition coefficient (Wildman–Crippen LogP) is 1.53. The van der Waals surface area contributed by atoms with Crippen LogP contribution < -0.4 is 5.84 Å². The first-order valence-electron chi connectivity index (χ1n) is 7.96. The number of benzene rings is 1. The van der Waals surface area contributed by atoms with Crippen molar-refractivity contribution in [3.05, 3.63) is 30.1 Å². The van der Waals surface area contributed by atoms with Crippen LogP contribution in [-0.2, 0) is 9.53 Å². The van der Waals surface area contributed by atoms with Gasteiger partial charge in [-0.25, -0.2) is 9.07 Å². The minimum atomic E-state index is -0.375. The smallest absolute Gasteiger partial charge is 0.233 e. The van der Waals surface area contributed by atoms with Crippen molar-refractivity contribution in [1.82, 2.24) is 19.8 Å². The zero-order valence-electron chi connectivity index (χ0n) is 14.1. The van der Waals surface area contributed by atoms with Gasteiger partial charge in [0.1, 0.15) is 5.82 Å². The number of halogens is 1. The summed E-state index contributed by atoms with van der Waals surface area (Å²) in [6.07, 6.45) is 0.0471. The molecule has 9 heteroatoms. The lowest BCUT2D eigenvalue weighted by atomic mass is 10.2. The molecule has 2 N–H and O–H groups in total. The summed E-state index contributed by atoms with van der Waals surface area (Å²) in [5.74, 6) is 6.18. The van der Waals surface area contributed by atoms with Gasteiger partial charge in [0.2, 0.25) is 11.1 Å². The summed E-state index contributed by atoms with van der Waals surface area (Å²) >= 11 is 1.21. The molecule has 25 heavy (non-hydrogen) atoms. The minimum absolute atomic E-state index is 0.00213. The lowest BCUT2D eigenvalue weighted by molar-refractivity contribution is -0.140. The number of nitrogen functional groups attached to an aromatic ring is 1. The maximum Gasteiger partial charge on any atom is 0.233 e. The Kier molecular flexibility index (Phi) is 5.24. The number of nitrogens with two attached hydrogens (primary N) is 1. The number of thioether (sulfide) groups is 1. The third kappa shape index (κ3) is 4.10. The van der Waals surface area contributed by atoms with Crippen LogP contribution in [0.4, 0.5) is 4.39 Å². The second-order valence-corrected chi connectivity index (χ2v) is 6.97. The molecular formula is C16H20FN5O2S. The number of carbonyl (C=O) groups is 1. The van der Waals surface area contributed by atoms with E-state index < -0.39 is 0 Å². The quantitative estimate of drug-likeness (QED) is 0.653. The highest BCUT2D eigenvalue weighted by Gasteiger charge is 2.26. The van der Waals surface area contributed by atoms with E-state index in [0.717, 1.165) is 0 Å². The molecule has 2 heterocycles. The van der Waals surface area contributed by atoms with Gasteiger partial charge in [-0.05, 0) is 26.0 Å². The summed E-state index contributed by atoms with van der Waals surface area (Å²) in [5, 5.41) is 8.40. The summed E-state index contributed by atoms with van der Waals surface area (Å²) in [6.45, 7) is 5.05. The summed E-state index contributed by atoms with van der Waals surface area (Å²) in [5.41, 5.74) is 0.531. The lowest BCUT2D eigenvalue weighted by Crippen LogP contribution is -2.48. The highest BCUT2D eigenvalue weighted by molar-refractivity contribution is 7.99. The van der Waals surface area contributed by atoms with E-state index in [9.17, 15) is 9.18 Å². The molecule has 1 aliphatic heterocycles. The van der Waals surface area contributed by atoms with Crippen LogP contribution in [0.15, 0.2) is 29.4 Å². The fourth-order valence-electron chi connectivity index (χ4n) is 2.80. The topological polar surface area (TPSA) is 86.3 Å². The number of morpholine rings is 1. The van der Waals surface area contributed by atoms with E-state index in [2.05, 4.69) is 10.2 Å². The Balaban J connectivity index is 1.65. The molecule has 3 rings (SSSR count). The van der Waals surface area contributed by atoms with Gasteiger partial charge in [0.05, 0.1) is 18.0 Å². The molecule has 1 aromatic carbocycles. The van der Waals surface area contributed by atoms with Crippen molar-refractivity contribution in [2.24, 2.45) is 0 Å². The zero-order chi connectivity index (χ0) is 18.0. The molecule has 1 saturated heterocycles. The van der Waals surface area contributed by atoms with E-state index in [1.807, 2.05) is 13.8 Å². The summed E-state index contributed by atoms with van der Waals surface area (Å²) in [6, 6.07) is 5.96. The van der Waals surface area contributed by atoms with Crippen LogP contribution in [0.25, 0.3) is 11.4 Å². The summed E-state index contributed by atoms with van der Waals surface area (Å²) < 4.78 is 20.3. The van der Waals surface area contributed by atoms with Crippen molar-refractivity contribution in [3.8, 4) is 11.4 Å². The molecule has 0 aliphatic carbocycles. The Labute approximate surface area is 149 Å². The van der Waals surface area contributed by atoms with E-state index >= 15 is 0 Å². The van der Waals surface area contributed by atoms with Gasteiger partial charge < -0.3 is 15.5 Å². The Morgan fingerprint density at radius 1 is 1.36 bits per heavy atom. The average molecular weight is 365 g/mol. The van der Waals surface area contributed by atoms with E-state index in [1.54, 1.807) is 17.0 Å². The number of carbonyl (C=O) groups excluding carboxylic acids is 1. The van der Waals surface area contributed by atoms with Crippen molar-refractivity contribution in [2.75, 3.05) is 24.7 Å². The number of nitrogens with zero attached hydrogens (tertiary/aromatic N) is 4. The maximum absolute atomic E-state index is 13.4. The van der Waals surface area contributed by atoms with Crippen LogP contribution in [-0.4, -0.2) is 56.7 Å². The molecule has 0 bridgehead atoms. The van der Waals surface area contributed by atoms with Crippen molar-refractivity contribution < 1.29 is 13.9 Å². The van der Waals surface area contributed by atoms with Gasteiger partial charge in [-0.1, -0.05) is 23.9 Å². The monoisotopic (exact) mass is 365 g/mol. The first-order valence-corrected chi connectivity index (χ1v) is 8.95. The maximum atomic E-state index is 13.4. The van der Waals surface area contributed by atoms with Crippen LogP contribution >= 0.6 is 11.8 Å². The van der Waals surface area contributed by atoms with E-state index in [-0.39, 0.29) is 29.7 Å². The van der Waals surface area contributed by atoms with Crippen LogP contribution in [0.1, 0.15) is 13.8 Å². The highest BCUT2D eigenvalue weighted by atomic mass is 32.2. The van der Waals surface area contributed by atoms with Crippen molar-refractivity contribution in [1.29, 1.82) is 0 Å². The van der Waals surface area contributed by atoms with E-state index in [4.69, 9.17) is 10.6 Å². The molecule has 0 unspecified atom stereocenters. The summed E-state index contributed by atoms with van der Waals surface area (Å²) in [4.78, 5) is 14.2. The molecule has 1 fully saturated rings. The van der Waals surface area contributed by atoms with Gasteiger partial charge in [0.25, 0.3) is 0 Å². The van der Waals surface area contributed by atoms with Gasteiger partial charge in [-0.2, -0.15) is 0 Å². The average Bonchev–Trinajstić information content (AvgIpc) is 2.92. The molecule has 2 atom stereocenters. The Hall–Kier alpha value is -2.13. The molecule has 0 saturated carbocycles. The van der Waals surface area contributed by atoms with Crippen LogP contribution in [0.3, 0.4) is 0 Å². The van der Waals surface area contributed by atoms with Crippen LogP contribution in [0.5, 0.6) is 0 Å². The lowest BCUT2D eigenvalue weighted by Gasteiger charge is -2.35. The van der Waals surface area contributed by atoms with Crippen LogP contribution in [0, 0.1) is 5.82 Å². The predicted molar refractivity (Wildman–Crippen MR) is 92.9 cm³/mol. The number of amides is 1. The molecule has 134 valence electrons. The third-order valence-corrected chi connectivity index (χ3v) is 4.77. The molecule has 0 spiro atoms. The SMILES string of the molecule is C[C@@H]1CN(C(=O)CSc2nnc(-c3cccc(F)c3)n2N)C[C@H](C)O1. The van der Waals surface area contributed by atoms with Crippen molar-refractivity contribution in [3.63, 3.8) is 0 Å². The highest BCUT2D eigenvalue weighted by Crippen LogP contribution is 2.23. The van der Waals surface area contributed by atoms with Gasteiger partial charge in [-0.3, -0.25) is 4.79 Å². The number of aromatic nitrogens is 3. The van der Waals surface area contributed by atoms with Gasteiger partial charge in [0.15, 0.2) is 5.82 Å². The van der Waals surface area contributed by atoms with Gasteiger partial charge in [-0.15, -0.1) is 10.2 Å². The molecular weight excluding hydrogens is 345 g/mol. The third-order valence-electron chi connectivity index (χ3n) is 3.84. The number of ether oxygens (including phenoxy) is 1. The zero-order valence-corrected chi connectivity index (χ0v) is 14.9. The molecule has 2 aromatic rings. The number of hydrogen-bond donors (Lipinski definition) is 1. The Morgan fingerprint density at radius 3 is 2.76 bits per heavy atom. The molecule has 1 aromatic heterocycles. The molecule has 1 amide bonds. The molecule has 0 radical (unpaired) electrons. The van der Waals surface area contributed by atoms with Crippen LogP contribution in [0.2, 0.25) is 0 Å². The Morgan fingerprint density at radius 2 is 2.08 bits per heavy atom. The standard InChI is InChI=1S/C16H20FN5O2S/c1-10-7-21(8-11(2)24-10)14(23)9-25-16-20-19-15(22(16)18)12-4-3-5-13(17)6-12/h3-6,10-11H,7-9,18H2,1-2H3/t10-,11+. The fourth-order valence-corrected chi connectivity index (χ4v) is 3.56. The number of hydrogen-bond acceptors (Lipinski definition) is 6. The largest absolute Gasteiger partial charge is 0.372 e. The number of rotatable bonds is 4. The van der Waals surface area contributed by atoms with E-state index in [0.29, 0.717) is 29.6 Å². The minimum Gasteiger partial charge on any atom is -0.372 e. The first kappa shape index (κ1) is 17.7. The Bertz CT molecular complexity index is 759. The second-order valence-electron chi connectivity index (χ2n) is 6.03. The molecule has 1 aliphatic rings. The second kappa shape index (κ2) is 7.40. The van der Waals surface area contributed by atoms with Crippen molar-refractivity contribution in [2.45, 2.75) is 31.2 Å². The molecule has 7 nitrogen and oxygen atoms in total. The van der Waals surface area contributed by atoms with Gasteiger partial charge >= 0.3 is 0 Å². The fraction of sp³-hybridized carbons (Fsp3) is 0.438. The first-order chi connectivity index (χ1) is 11.9. The van der Waals surface area contributed by atoms with E-state index in [1.165, 1.54) is 28.6 Å². The van der Waals surface area contributed by atoms with Gasteiger partial charge in [0, 0.05) is 18.7 Å². The van der Waals surface area contributed by atoms with Crippen molar-refractivity contribution >= 4 is 17.7 Å².